The highest BCUT2D eigenvalue weighted by Crippen LogP contribution is 2.24. The molecule has 7 heteroatoms. The molecular formula is C21H25N7. The average molecular weight is 375 g/mol. The van der Waals surface area contributed by atoms with Crippen molar-refractivity contribution < 1.29 is 0 Å². The quantitative estimate of drug-likeness (QED) is 0.708. The maximum absolute atomic E-state index is 5.78. The van der Waals surface area contributed by atoms with E-state index in [1.54, 1.807) is 19.5 Å². The maximum atomic E-state index is 5.78. The molecule has 3 heterocycles. The van der Waals surface area contributed by atoms with Gasteiger partial charge in [-0.25, -0.2) is 9.67 Å². The fourth-order valence-electron chi connectivity index (χ4n) is 3.50. The van der Waals surface area contributed by atoms with Crippen LogP contribution in [-0.4, -0.2) is 66.2 Å². The van der Waals surface area contributed by atoms with Crippen LogP contribution in [0.15, 0.2) is 53.9 Å². The summed E-state index contributed by atoms with van der Waals surface area (Å²) >= 11 is 0. The molecule has 0 bridgehead atoms. The number of rotatable bonds is 4. The number of benzene rings is 1. The SMILES string of the molecule is CN=CC(=CN)c1ccc2cnn(-c3ccnc(N4CCN(C)CC4)c3)c2c1. The molecule has 7 nitrogen and oxygen atoms in total. The minimum Gasteiger partial charge on any atom is -0.404 e. The van der Waals surface area contributed by atoms with E-state index in [0.717, 1.165) is 59.7 Å². The van der Waals surface area contributed by atoms with Gasteiger partial charge < -0.3 is 15.5 Å². The largest absolute Gasteiger partial charge is 0.404 e. The predicted molar refractivity (Wildman–Crippen MR) is 115 cm³/mol. The minimum atomic E-state index is 0.880. The third-order valence-electron chi connectivity index (χ3n) is 5.15. The summed E-state index contributed by atoms with van der Waals surface area (Å²) in [5.41, 5.74) is 9.69. The van der Waals surface area contributed by atoms with Crippen LogP contribution in [0.4, 0.5) is 5.82 Å². The Kier molecular flexibility index (Phi) is 5.08. The highest BCUT2D eigenvalue weighted by molar-refractivity contribution is 6.10. The molecule has 1 aliphatic heterocycles. The molecule has 0 aliphatic carbocycles. The number of allylic oxidation sites excluding steroid dienone is 1. The van der Waals surface area contributed by atoms with E-state index in [-0.39, 0.29) is 0 Å². The van der Waals surface area contributed by atoms with E-state index in [1.165, 1.54) is 0 Å². The first-order valence-corrected chi connectivity index (χ1v) is 9.42. The van der Waals surface area contributed by atoms with Gasteiger partial charge in [0, 0.05) is 68.9 Å². The van der Waals surface area contributed by atoms with Crippen molar-refractivity contribution in [2.24, 2.45) is 10.7 Å². The molecule has 2 N–H and O–H groups in total. The summed E-state index contributed by atoms with van der Waals surface area (Å²) in [4.78, 5) is 13.3. The third kappa shape index (κ3) is 3.48. The standard InChI is InChI=1S/C21H25N7/c1-23-14-18(13-22)16-3-4-17-15-25-28(20(17)11-16)19-5-6-24-21(12-19)27-9-7-26(2)8-10-27/h3-6,11-15H,7-10,22H2,1-2H3. The van der Waals surface area contributed by atoms with E-state index >= 15 is 0 Å². The minimum absolute atomic E-state index is 0.880. The summed E-state index contributed by atoms with van der Waals surface area (Å²) in [5, 5.41) is 5.69. The Labute approximate surface area is 164 Å². The Balaban J connectivity index is 1.72. The lowest BCUT2D eigenvalue weighted by Crippen LogP contribution is -2.44. The Bertz CT molecular complexity index is 1030. The van der Waals surface area contributed by atoms with Gasteiger partial charge in [0.25, 0.3) is 0 Å². The Morgan fingerprint density at radius 1 is 1.14 bits per heavy atom. The van der Waals surface area contributed by atoms with Crippen LogP contribution >= 0.6 is 0 Å². The van der Waals surface area contributed by atoms with Gasteiger partial charge in [-0.3, -0.25) is 4.99 Å². The molecule has 4 rings (SSSR count). The summed E-state index contributed by atoms with van der Waals surface area (Å²) in [5.74, 6) is 0.992. The van der Waals surface area contributed by atoms with Crippen molar-refractivity contribution in [3.8, 4) is 5.69 Å². The normalized spacial score (nSPS) is 16.4. The first-order valence-electron chi connectivity index (χ1n) is 9.42. The molecule has 144 valence electrons. The van der Waals surface area contributed by atoms with E-state index in [9.17, 15) is 0 Å². The predicted octanol–water partition coefficient (Wildman–Crippen LogP) is 2.17. The van der Waals surface area contributed by atoms with Crippen molar-refractivity contribution >= 4 is 28.5 Å². The van der Waals surface area contributed by atoms with Crippen LogP contribution in [0.3, 0.4) is 0 Å². The molecule has 0 atom stereocenters. The van der Waals surface area contributed by atoms with E-state index in [0.29, 0.717) is 0 Å². The van der Waals surface area contributed by atoms with Crippen LogP contribution in [0.1, 0.15) is 5.56 Å². The third-order valence-corrected chi connectivity index (χ3v) is 5.15. The van der Waals surface area contributed by atoms with Crippen molar-refractivity contribution in [2.75, 3.05) is 45.2 Å². The molecule has 0 saturated carbocycles. The average Bonchev–Trinajstić information content (AvgIpc) is 3.16. The number of aromatic nitrogens is 3. The van der Waals surface area contributed by atoms with Crippen LogP contribution in [0.25, 0.3) is 22.2 Å². The molecular weight excluding hydrogens is 350 g/mol. The van der Waals surface area contributed by atoms with Crippen molar-refractivity contribution in [3.63, 3.8) is 0 Å². The van der Waals surface area contributed by atoms with Crippen LogP contribution in [0.2, 0.25) is 0 Å². The van der Waals surface area contributed by atoms with E-state index in [2.05, 4.69) is 50.1 Å². The fourth-order valence-corrected chi connectivity index (χ4v) is 3.50. The zero-order valence-electron chi connectivity index (χ0n) is 16.3. The molecule has 0 amide bonds. The molecule has 1 fully saturated rings. The van der Waals surface area contributed by atoms with Crippen LogP contribution < -0.4 is 10.6 Å². The Morgan fingerprint density at radius 3 is 2.71 bits per heavy atom. The zero-order valence-corrected chi connectivity index (χ0v) is 16.3. The fraction of sp³-hybridized carbons (Fsp3) is 0.286. The summed E-state index contributed by atoms with van der Waals surface area (Å²) < 4.78 is 1.96. The highest BCUT2D eigenvalue weighted by atomic mass is 15.3. The van der Waals surface area contributed by atoms with Gasteiger partial charge in [0.2, 0.25) is 0 Å². The van der Waals surface area contributed by atoms with Gasteiger partial charge in [-0.1, -0.05) is 12.1 Å². The van der Waals surface area contributed by atoms with Gasteiger partial charge in [-0.15, -0.1) is 0 Å². The Hall–Kier alpha value is -3.19. The molecule has 0 unspecified atom stereocenters. The number of aliphatic imine (C=N–C) groups is 1. The second kappa shape index (κ2) is 7.82. The summed E-state index contributed by atoms with van der Waals surface area (Å²) in [6.45, 7) is 4.07. The summed E-state index contributed by atoms with van der Waals surface area (Å²) in [6.07, 6.45) is 7.08. The van der Waals surface area contributed by atoms with Gasteiger partial charge in [0.15, 0.2) is 0 Å². The van der Waals surface area contributed by atoms with Crippen molar-refractivity contribution in [2.45, 2.75) is 0 Å². The van der Waals surface area contributed by atoms with Gasteiger partial charge in [-0.05, 0) is 24.7 Å². The van der Waals surface area contributed by atoms with Crippen LogP contribution in [0, 0.1) is 0 Å². The topological polar surface area (TPSA) is 75.6 Å². The van der Waals surface area contributed by atoms with Crippen molar-refractivity contribution in [1.82, 2.24) is 19.7 Å². The molecule has 1 aromatic carbocycles. The van der Waals surface area contributed by atoms with E-state index < -0.39 is 0 Å². The first kappa shape index (κ1) is 18.2. The number of fused-ring (bicyclic) bond motifs is 1. The van der Waals surface area contributed by atoms with Crippen LogP contribution in [0.5, 0.6) is 0 Å². The van der Waals surface area contributed by atoms with Gasteiger partial charge in [0.1, 0.15) is 5.82 Å². The molecule has 0 radical (unpaired) electrons. The zero-order chi connectivity index (χ0) is 19.5. The molecule has 3 aromatic rings. The lowest BCUT2D eigenvalue weighted by atomic mass is 10.1. The lowest BCUT2D eigenvalue weighted by molar-refractivity contribution is 0.312. The van der Waals surface area contributed by atoms with E-state index in [1.807, 2.05) is 29.2 Å². The summed E-state index contributed by atoms with van der Waals surface area (Å²) in [7, 11) is 3.89. The molecule has 28 heavy (non-hydrogen) atoms. The number of likely N-dealkylation sites (N-methyl/N-ethyl adjacent to an activating group) is 1. The molecule has 0 spiro atoms. The summed E-state index contributed by atoms with van der Waals surface area (Å²) in [6, 6.07) is 10.3. The monoisotopic (exact) mass is 375 g/mol. The number of nitrogens with zero attached hydrogens (tertiary/aromatic N) is 6. The van der Waals surface area contributed by atoms with Crippen molar-refractivity contribution in [1.29, 1.82) is 0 Å². The van der Waals surface area contributed by atoms with E-state index in [4.69, 9.17) is 5.73 Å². The van der Waals surface area contributed by atoms with Crippen LogP contribution in [-0.2, 0) is 0 Å². The first-order chi connectivity index (χ1) is 13.7. The van der Waals surface area contributed by atoms with Gasteiger partial charge >= 0.3 is 0 Å². The Morgan fingerprint density at radius 2 is 1.96 bits per heavy atom. The molecule has 1 aliphatic rings. The lowest BCUT2D eigenvalue weighted by Gasteiger charge is -2.33. The highest BCUT2D eigenvalue weighted by Gasteiger charge is 2.16. The molecule has 1 saturated heterocycles. The molecule has 2 aromatic heterocycles. The number of piperazine rings is 1. The van der Waals surface area contributed by atoms with Crippen molar-refractivity contribution in [3.05, 3.63) is 54.5 Å². The van der Waals surface area contributed by atoms with Gasteiger partial charge in [0.05, 0.1) is 17.4 Å². The maximum Gasteiger partial charge on any atom is 0.130 e. The second-order valence-electron chi connectivity index (χ2n) is 7.00. The number of nitrogens with two attached hydrogens (primary N) is 1. The second-order valence-corrected chi connectivity index (χ2v) is 7.00. The smallest absolute Gasteiger partial charge is 0.130 e. The number of anilines is 1. The number of hydrogen-bond donors (Lipinski definition) is 1. The van der Waals surface area contributed by atoms with Gasteiger partial charge in [-0.2, -0.15) is 5.10 Å². The number of pyridine rings is 1. The number of hydrogen-bond acceptors (Lipinski definition) is 6.